The standard InChI is InChI=1S/C25H30N3/c1-4-6-15-27(16-7-5-2)19-24-20(3)28(22-11-9-8-10-12-22)25-14-13-21(18-26)17-23(24)25/h8-14,17,19H,4-7,15-16H2,1-3H3/q+1. The maximum Gasteiger partial charge on any atom is 0.173 e. The smallest absolute Gasteiger partial charge is 0.173 e. The van der Waals surface area contributed by atoms with Crippen LogP contribution < -0.4 is 0 Å². The molecule has 3 aromatic rings. The molecule has 3 nitrogen and oxygen atoms in total. The first-order valence-corrected chi connectivity index (χ1v) is 10.4. The van der Waals surface area contributed by atoms with Crippen molar-refractivity contribution in [1.29, 1.82) is 5.26 Å². The van der Waals surface area contributed by atoms with Gasteiger partial charge in [0.1, 0.15) is 13.1 Å². The normalized spacial score (nSPS) is 10.8. The molecule has 0 spiro atoms. The number of fused-ring (bicyclic) bond motifs is 1. The molecular weight excluding hydrogens is 342 g/mol. The Bertz CT molecular complexity index is 994. The number of nitriles is 1. The molecule has 0 unspecified atom stereocenters. The zero-order chi connectivity index (χ0) is 19.9. The summed E-state index contributed by atoms with van der Waals surface area (Å²) in [6.45, 7) is 8.81. The third-order valence-electron chi connectivity index (χ3n) is 5.31. The largest absolute Gasteiger partial charge is 0.313 e. The molecule has 3 rings (SSSR count). The summed E-state index contributed by atoms with van der Waals surface area (Å²) in [6, 6.07) is 18.8. The molecule has 0 saturated heterocycles. The van der Waals surface area contributed by atoms with Crippen molar-refractivity contribution in [1.82, 2.24) is 4.57 Å². The second-order valence-corrected chi connectivity index (χ2v) is 7.39. The Balaban J connectivity index is 2.21. The van der Waals surface area contributed by atoms with Crippen molar-refractivity contribution in [2.45, 2.75) is 46.5 Å². The van der Waals surface area contributed by atoms with Gasteiger partial charge in [0.15, 0.2) is 6.21 Å². The number of aromatic nitrogens is 1. The SMILES string of the molecule is CCCC[N+](=Cc1c(C)n(-c2ccccc2)c2ccc(C#N)cc12)CCCC. The third-order valence-corrected chi connectivity index (χ3v) is 5.31. The lowest BCUT2D eigenvalue weighted by atomic mass is 10.1. The van der Waals surface area contributed by atoms with Gasteiger partial charge in [0.05, 0.1) is 22.7 Å². The second-order valence-electron chi connectivity index (χ2n) is 7.39. The highest BCUT2D eigenvalue weighted by Gasteiger charge is 2.18. The number of benzene rings is 2. The first-order chi connectivity index (χ1) is 13.7. The van der Waals surface area contributed by atoms with Gasteiger partial charge in [-0.1, -0.05) is 44.9 Å². The molecule has 0 aliphatic heterocycles. The Kier molecular flexibility index (Phi) is 6.66. The van der Waals surface area contributed by atoms with Crippen molar-refractivity contribution in [3.63, 3.8) is 0 Å². The summed E-state index contributed by atoms with van der Waals surface area (Å²) in [6.07, 6.45) is 7.10. The van der Waals surface area contributed by atoms with Crippen LogP contribution in [0.4, 0.5) is 0 Å². The van der Waals surface area contributed by atoms with E-state index in [4.69, 9.17) is 0 Å². The fourth-order valence-electron chi connectivity index (χ4n) is 3.73. The minimum Gasteiger partial charge on any atom is -0.313 e. The van der Waals surface area contributed by atoms with Crippen LogP contribution in [0.5, 0.6) is 0 Å². The Hall–Kier alpha value is -2.86. The highest BCUT2D eigenvalue weighted by molar-refractivity contribution is 6.01. The number of nitrogens with zero attached hydrogens (tertiary/aromatic N) is 3. The quantitative estimate of drug-likeness (QED) is 0.361. The van der Waals surface area contributed by atoms with Gasteiger partial charge in [0.25, 0.3) is 0 Å². The highest BCUT2D eigenvalue weighted by Crippen LogP contribution is 2.29. The Morgan fingerprint density at radius 2 is 1.68 bits per heavy atom. The molecule has 3 heteroatoms. The Labute approximate surface area is 168 Å². The molecule has 0 aliphatic rings. The lowest BCUT2D eigenvalue weighted by molar-refractivity contribution is -0.524. The number of rotatable bonds is 8. The topological polar surface area (TPSA) is 31.7 Å². The van der Waals surface area contributed by atoms with E-state index in [0.717, 1.165) is 29.7 Å². The van der Waals surface area contributed by atoms with Gasteiger partial charge in [0, 0.05) is 29.6 Å². The second kappa shape index (κ2) is 9.37. The maximum atomic E-state index is 9.42. The average molecular weight is 373 g/mol. The van der Waals surface area contributed by atoms with Gasteiger partial charge < -0.3 is 4.57 Å². The van der Waals surface area contributed by atoms with Crippen LogP contribution in [0.25, 0.3) is 16.6 Å². The molecule has 1 aromatic heterocycles. The predicted molar refractivity (Wildman–Crippen MR) is 118 cm³/mol. The number of hydrogen-bond donors (Lipinski definition) is 0. The van der Waals surface area contributed by atoms with Crippen molar-refractivity contribution in [3.05, 3.63) is 65.4 Å². The van der Waals surface area contributed by atoms with Crippen LogP contribution in [0.1, 0.15) is 56.4 Å². The zero-order valence-corrected chi connectivity index (χ0v) is 17.3. The van der Waals surface area contributed by atoms with Gasteiger partial charge in [-0.3, -0.25) is 0 Å². The van der Waals surface area contributed by atoms with Gasteiger partial charge in [-0.15, -0.1) is 0 Å². The molecule has 144 valence electrons. The minimum atomic E-state index is 0.709. The minimum absolute atomic E-state index is 0.709. The van der Waals surface area contributed by atoms with E-state index in [2.05, 4.69) is 72.5 Å². The molecule has 0 saturated carbocycles. The summed E-state index contributed by atoms with van der Waals surface area (Å²) < 4.78 is 4.77. The van der Waals surface area contributed by atoms with E-state index in [1.54, 1.807) is 0 Å². The molecule has 28 heavy (non-hydrogen) atoms. The summed E-state index contributed by atoms with van der Waals surface area (Å²) in [5.74, 6) is 0. The van der Waals surface area contributed by atoms with Gasteiger partial charge in [-0.05, 0) is 37.3 Å². The Morgan fingerprint density at radius 1 is 1.00 bits per heavy atom. The zero-order valence-electron chi connectivity index (χ0n) is 17.3. The van der Waals surface area contributed by atoms with E-state index in [9.17, 15) is 5.26 Å². The summed E-state index contributed by atoms with van der Waals surface area (Å²) in [7, 11) is 0. The fraction of sp³-hybridized carbons (Fsp3) is 0.360. The van der Waals surface area contributed by atoms with Crippen molar-refractivity contribution in [3.8, 4) is 11.8 Å². The molecule has 0 bridgehead atoms. The molecular formula is C25H30N3+. The number of unbranched alkanes of at least 4 members (excludes halogenated alkanes) is 2. The molecule has 0 radical (unpaired) electrons. The lowest BCUT2D eigenvalue weighted by Gasteiger charge is -2.08. The summed E-state index contributed by atoms with van der Waals surface area (Å²) >= 11 is 0. The maximum absolute atomic E-state index is 9.42. The average Bonchev–Trinajstić information content (AvgIpc) is 3.01. The van der Waals surface area contributed by atoms with Crippen LogP contribution in [0.2, 0.25) is 0 Å². The van der Waals surface area contributed by atoms with E-state index in [0.29, 0.717) is 5.56 Å². The Morgan fingerprint density at radius 3 is 2.29 bits per heavy atom. The van der Waals surface area contributed by atoms with Crippen LogP contribution in [-0.4, -0.2) is 28.4 Å². The first-order valence-electron chi connectivity index (χ1n) is 10.4. The first kappa shape index (κ1) is 19.9. The molecule has 0 fully saturated rings. The van der Waals surface area contributed by atoms with Crippen molar-refractivity contribution in [2.24, 2.45) is 0 Å². The van der Waals surface area contributed by atoms with Crippen LogP contribution in [-0.2, 0) is 0 Å². The highest BCUT2D eigenvalue weighted by atomic mass is 15.0. The number of hydrogen-bond acceptors (Lipinski definition) is 1. The van der Waals surface area contributed by atoms with Crippen LogP contribution >= 0.6 is 0 Å². The van der Waals surface area contributed by atoms with E-state index >= 15 is 0 Å². The predicted octanol–water partition coefficient (Wildman–Crippen LogP) is 5.84. The van der Waals surface area contributed by atoms with Crippen molar-refractivity contribution < 1.29 is 4.58 Å². The van der Waals surface area contributed by atoms with Crippen molar-refractivity contribution in [2.75, 3.05) is 13.1 Å². The van der Waals surface area contributed by atoms with Gasteiger partial charge in [0.2, 0.25) is 0 Å². The summed E-state index contributed by atoms with van der Waals surface area (Å²) in [4.78, 5) is 0. The molecule has 0 N–H and O–H groups in total. The monoisotopic (exact) mass is 372 g/mol. The van der Waals surface area contributed by atoms with Crippen LogP contribution in [0.15, 0.2) is 48.5 Å². The van der Waals surface area contributed by atoms with Gasteiger partial charge >= 0.3 is 0 Å². The van der Waals surface area contributed by atoms with E-state index in [1.807, 2.05) is 18.2 Å². The third kappa shape index (κ3) is 4.17. The molecule has 0 amide bonds. The molecule has 2 aromatic carbocycles. The van der Waals surface area contributed by atoms with E-state index in [-0.39, 0.29) is 0 Å². The molecule has 0 atom stereocenters. The van der Waals surface area contributed by atoms with Gasteiger partial charge in [-0.25, -0.2) is 4.58 Å². The summed E-state index contributed by atoms with van der Waals surface area (Å²) in [5, 5.41) is 10.6. The summed E-state index contributed by atoms with van der Waals surface area (Å²) in [5.41, 5.74) is 5.46. The van der Waals surface area contributed by atoms with E-state index < -0.39 is 0 Å². The van der Waals surface area contributed by atoms with Crippen LogP contribution in [0, 0.1) is 18.3 Å². The van der Waals surface area contributed by atoms with E-state index in [1.165, 1.54) is 36.9 Å². The number of para-hydroxylation sites is 1. The fourth-order valence-corrected chi connectivity index (χ4v) is 3.73. The molecule has 1 heterocycles. The molecule has 0 aliphatic carbocycles. The lowest BCUT2D eigenvalue weighted by Crippen LogP contribution is -2.17. The van der Waals surface area contributed by atoms with Gasteiger partial charge in [-0.2, -0.15) is 5.26 Å². The van der Waals surface area contributed by atoms with Crippen molar-refractivity contribution >= 4 is 17.1 Å². The van der Waals surface area contributed by atoms with Crippen LogP contribution in [0.3, 0.4) is 0 Å².